The highest BCUT2D eigenvalue weighted by molar-refractivity contribution is 7.43. The Morgan fingerprint density at radius 2 is 2.22 bits per heavy atom. The molecule has 0 aromatic heterocycles. The Hall–Kier alpha value is 0.0900. The molecule has 0 saturated carbocycles. The van der Waals surface area contributed by atoms with Gasteiger partial charge in [-0.05, 0) is 18.7 Å². The third-order valence-electron chi connectivity index (χ3n) is 0.677. The van der Waals surface area contributed by atoms with Gasteiger partial charge < -0.3 is 9.79 Å². The zero-order valence-electron chi connectivity index (χ0n) is 4.69. The minimum Gasteiger partial charge on any atom is -0.337 e. The molecular formula is C3H6ClN2O2P. The molecule has 1 atom stereocenters. The fourth-order valence-corrected chi connectivity index (χ4v) is 0.608. The van der Waals surface area contributed by atoms with E-state index in [0.717, 1.165) is 0 Å². The van der Waals surface area contributed by atoms with Crippen molar-refractivity contribution in [3.8, 4) is 6.07 Å². The van der Waals surface area contributed by atoms with Crippen LogP contribution in [0.2, 0.25) is 0 Å². The maximum atomic E-state index is 8.39. The molecule has 9 heavy (non-hydrogen) atoms. The Morgan fingerprint density at radius 3 is 2.33 bits per heavy atom. The molecule has 0 saturated heterocycles. The molecule has 0 aliphatic heterocycles. The van der Waals surface area contributed by atoms with Crippen LogP contribution < -0.4 is 0 Å². The van der Waals surface area contributed by atoms with Crippen LogP contribution in [-0.4, -0.2) is 20.0 Å². The van der Waals surface area contributed by atoms with Crippen LogP contribution >= 0.6 is 20.3 Å². The maximum Gasteiger partial charge on any atom is 0.269 e. The lowest BCUT2D eigenvalue weighted by Crippen LogP contribution is -2.16. The van der Waals surface area contributed by atoms with Gasteiger partial charge in [-0.3, -0.25) is 0 Å². The van der Waals surface area contributed by atoms with E-state index in [4.69, 9.17) is 26.8 Å². The van der Waals surface area contributed by atoms with Crippen LogP contribution in [0.3, 0.4) is 0 Å². The number of hydrogen-bond donors (Lipinski definition) is 2. The summed E-state index contributed by atoms with van der Waals surface area (Å²) in [6, 6.07) is 1.06. The monoisotopic (exact) mass is 168 g/mol. The summed E-state index contributed by atoms with van der Waals surface area (Å²) < 4.78 is 0.676. The Morgan fingerprint density at radius 1 is 1.78 bits per heavy atom. The van der Waals surface area contributed by atoms with E-state index in [2.05, 4.69) is 0 Å². The van der Waals surface area contributed by atoms with E-state index < -0.39 is 14.6 Å². The van der Waals surface area contributed by atoms with Gasteiger partial charge in [0.15, 0.2) is 0 Å². The van der Waals surface area contributed by atoms with Gasteiger partial charge in [-0.1, -0.05) is 0 Å². The highest BCUT2D eigenvalue weighted by Crippen LogP contribution is 2.33. The van der Waals surface area contributed by atoms with Gasteiger partial charge in [0.25, 0.3) is 8.53 Å². The molecule has 4 nitrogen and oxygen atoms in total. The van der Waals surface area contributed by atoms with Gasteiger partial charge in [-0.2, -0.15) is 5.26 Å². The van der Waals surface area contributed by atoms with Gasteiger partial charge >= 0.3 is 0 Å². The largest absolute Gasteiger partial charge is 0.337 e. The smallest absolute Gasteiger partial charge is 0.269 e. The second kappa shape index (κ2) is 3.99. The van der Waals surface area contributed by atoms with Crippen molar-refractivity contribution in [2.45, 2.75) is 13.0 Å². The van der Waals surface area contributed by atoms with Gasteiger partial charge in [0.05, 0.1) is 6.07 Å². The number of nitrogens with zero attached hydrogens (tertiary/aromatic N) is 2. The quantitative estimate of drug-likeness (QED) is 0.467. The van der Waals surface area contributed by atoms with Crippen LogP contribution in [0.4, 0.5) is 0 Å². The molecule has 0 rings (SSSR count). The molecule has 0 fully saturated rings. The number of halogens is 1. The third-order valence-corrected chi connectivity index (χ3v) is 2.06. The SMILES string of the molecule is CC(C#N)N(Cl)P(O)O. The second-order valence-corrected chi connectivity index (χ2v) is 2.93. The lowest BCUT2D eigenvalue weighted by Gasteiger charge is -2.14. The van der Waals surface area contributed by atoms with Crippen molar-refractivity contribution >= 4 is 20.3 Å². The number of rotatable bonds is 2. The van der Waals surface area contributed by atoms with Crippen LogP contribution in [0.25, 0.3) is 0 Å². The van der Waals surface area contributed by atoms with Crippen molar-refractivity contribution in [3.63, 3.8) is 0 Å². The van der Waals surface area contributed by atoms with E-state index in [1.807, 2.05) is 0 Å². The summed E-state index contributed by atoms with van der Waals surface area (Å²) in [4.78, 5) is 16.8. The average Bonchev–Trinajstić information content (AvgIpc) is 1.84. The number of nitriles is 1. The predicted molar refractivity (Wildman–Crippen MR) is 34.1 cm³/mol. The fraction of sp³-hybridized carbons (Fsp3) is 0.667. The standard InChI is InChI=1S/C3H6ClN2O2P/c1-3(2-5)6(4)9(7)8/h3,7-8H,1H3. The molecular weight excluding hydrogens is 162 g/mol. The molecule has 0 aromatic rings. The van der Waals surface area contributed by atoms with E-state index >= 15 is 0 Å². The molecule has 0 radical (unpaired) electrons. The highest BCUT2D eigenvalue weighted by Gasteiger charge is 2.17. The lowest BCUT2D eigenvalue weighted by atomic mass is 10.4. The third kappa shape index (κ3) is 2.95. The van der Waals surface area contributed by atoms with E-state index in [1.165, 1.54) is 6.92 Å². The van der Waals surface area contributed by atoms with Crippen LogP contribution in [0.5, 0.6) is 0 Å². The molecule has 0 spiro atoms. The molecule has 6 heteroatoms. The normalized spacial score (nSPS) is 13.9. The second-order valence-electron chi connectivity index (χ2n) is 1.36. The van der Waals surface area contributed by atoms with Gasteiger partial charge in [0.2, 0.25) is 0 Å². The Balaban J connectivity index is 3.76. The summed E-state index contributed by atoms with van der Waals surface area (Å²) in [7, 11) is -2.33. The van der Waals surface area contributed by atoms with Crippen molar-refractivity contribution < 1.29 is 9.79 Å². The summed E-state index contributed by atoms with van der Waals surface area (Å²) in [6.07, 6.45) is 0. The van der Waals surface area contributed by atoms with Crippen molar-refractivity contribution in [3.05, 3.63) is 0 Å². The Labute approximate surface area is 59.4 Å². The van der Waals surface area contributed by atoms with E-state index in [0.29, 0.717) is 4.19 Å². The van der Waals surface area contributed by atoms with Crippen molar-refractivity contribution in [2.75, 3.05) is 0 Å². The summed E-state index contributed by atoms with van der Waals surface area (Å²) in [5.74, 6) is 0. The zero-order valence-corrected chi connectivity index (χ0v) is 6.34. The first-order valence-corrected chi connectivity index (χ1v) is 3.65. The van der Waals surface area contributed by atoms with Crippen LogP contribution in [0.1, 0.15) is 6.92 Å². The van der Waals surface area contributed by atoms with Crippen molar-refractivity contribution in [2.24, 2.45) is 0 Å². The van der Waals surface area contributed by atoms with E-state index in [-0.39, 0.29) is 0 Å². The molecule has 0 heterocycles. The summed E-state index contributed by atoms with van der Waals surface area (Å²) in [5.41, 5.74) is 0. The zero-order chi connectivity index (χ0) is 7.44. The molecule has 0 bridgehead atoms. The Kier molecular flexibility index (Phi) is 4.03. The van der Waals surface area contributed by atoms with Gasteiger partial charge in [0, 0.05) is 0 Å². The van der Waals surface area contributed by atoms with Crippen LogP contribution in [-0.2, 0) is 0 Å². The molecule has 0 aromatic carbocycles. The first-order valence-electron chi connectivity index (χ1n) is 2.12. The Bertz CT molecular complexity index is 125. The summed E-state index contributed by atoms with van der Waals surface area (Å²) in [5, 5.41) is 8.17. The van der Waals surface area contributed by atoms with Crippen molar-refractivity contribution in [1.82, 2.24) is 4.19 Å². The average molecular weight is 169 g/mol. The van der Waals surface area contributed by atoms with Crippen molar-refractivity contribution in [1.29, 1.82) is 5.26 Å². The molecule has 1 unspecified atom stereocenters. The van der Waals surface area contributed by atoms with Crippen LogP contribution in [0.15, 0.2) is 0 Å². The lowest BCUT2D eigenvalue weighted by molar-refractivity contribution is 0.411. The highest BCUT2D eigenvalue weighted by atomic mass is 35.5. The molecule has 52 valence electrons. The van der Waals surface area contributed by atoms with Gasteiger partial charge in [-0.15, -0.1) is 4.19 Å². The minimum absolute atomic E-state index is 0.673. The fourth-order valence-electron chi connectivity index (χ4n) is 0.203. The predicted octanol–water partition coefficient (Wildman–Crippen LogP) is 0.566. The first-order chi connectivity index (χ1) is 4.09. The molecule has 0 aliphatic rings. The maximum absolute atomic E-state index is 8.39. The van der Waals surface area contributed by atoms with Gasteiger partial charge in [-0.25, -0.2) is 0 Å². The molecule has 0 amide bonds. The van der Waals surface area contributed by atoms with Crippen LogP contribution in [0, 0.1) is 11.3 Å². The first kappa shape index (κ1) is 9.09. The van der Waals surface area contributed by atoms with E-state index in [1.54, 1.807) is 6.07 Å². The topological polar surface area (TPSA) is 67.5 Å². The summed E-state index contributed by atoms with van der Waals surface area (Å²) >= 11 is 5.21. The number of hydrogen-bond acceptors (Lipinski definition) is 4. The minimum atomic E-state index is -2.33. The summed E-state index contributed by atoms with van der Waals surface area (Å²) in [6.45, 7) is 1.47. The molecule has 0 aliphatic carbocycles. The van der Waals surface area contributed by atoms with Gasteiger partial charge in [0.1, 0.15) is 6.04 Å². The van der Waals surface area contributed by atoms with E-state index in [9.17, 15) is 0 Å². The molecule has 2 N–H and O–H groups in total.